The number of carboxylic acids is 1. The average Bonchev–Trinajstić information content (AvgIpc) is 2.87. The normalized spacial score (nSPS) is 11.0. The monoisotopic (exact) mass is 379 g/mol. The van der Waals surface area contributed by atoms with Gasteiger partial charge >= 0.3 is 11.7 Å². The van der Waals surface area contributed by atoms with Crippen molar-refractivity contribution >= 4 is 46.1 Å². The third kappa shape index (κ3) is 3.31. The van der Waals surface area contributed by atoms with Crippen LogP contribution in [0.2, 0.25) is 10.0 Å². The molecule has 0 spiro atoms. The lowest BCUT2D eigenvalue weighted by Crippen LogP contribution is -2.16. The minimum atomic E-state index is -1.06. The van der Waals surface area contributed by atoms with E-state index in [0.717, 1.165) is 4.57 Å². The summed E-state index contributed by atoms with van der Waals surface area (Å²) >= 11 is 12.1. The lowest BCUT2D eigenvalue weighted by molar-refractivity contribution is -0.137. The zero-order valence-electron chi connectivity index (χ0n) is 12.7. The molecule has 1 N–H and O–H groups in total. The molecule has 0 saturated carbocycles. The Hall–Kier alpha value is -2.57. The minimum absolute atomic E-state index is 0.0460. The number of aliphatic carboxylic acids is 1. The van der Waals surface area contributed by atoms with Gasteiger partial charge in [0.2, 0.25) is 0 Å². The van der Waals surface area contributed by atoms with Crippen molar-refractivity contribution in [2.45, 2.75) is 13.0 Å². The number of ketones is 1. The Kier molecular flexibility index (Phi) is 4.65. The zero-order valence-corrected chi connectivity index (χ0v) is 14.2. The Labute approximate surface area is 151 Å². The number of hydrogen-bond acceptors (Lipinski definition) is 4. The first-order valence-electron chi connectivity index (χ1n) is 7.22. The van der Waals surface area contributed by atoms with Gasteiger partial charge in [-0.3, -0.25) is 14.2 Å². The van der Waals surface area contributed by atoms with Gasteiger partial charge in [-0.05, 0) is 24.3 Å². The topological polar surface area (TPSA) is 89.5 Å². The Bertz CT molecular complexity index is 1050. The third-order valence-electron chi connectivity index (χ3n) is 3.65. The number of rotatable bonds is 5. The highest BCUT2D eigenvalue weighted by molar-refractivity contribution is 6.36. The molecule has 2 aromatic carbocycles. The van der Waals surface area contributed by atoms with Crippen LogP contribution in [0.1, 0.15) is 22.3 Å². The SMILES string of the molecule is O=C(O)CCn1c(=O)oc2c(C(=O)c3ccccc3Cl)cc(Cl)cc21. The zero-order chi connectivity index (χ0) is 18.1. The molecule has 1 aromatic heterocycles. The summed E-state index contributed by atoms with van der Waals surface area (Å²) in [5.74, 6) is -2.26. The number of benzene rings is 2. The van der Waals surface area contributed by atoms with Crippen molar-refractivity contribution in [3.05, 3.63) is 68.1 Å². The number of aryl methyl sites for hydroxylation is 1. The lowest BCUT2D eigenvalue weighted by atomic mass is 10.0. The fourth-order valence-corrected chi connectivity index (χ4v) is 2.94. The smallest absolute Gasteiger partial charge is 0.419 e. The quantitative estimate of drug-likeness (QED) is 0.683. The maximum Gasteiger partial charge on any atom is 0.419 e. The number of fused-ring (bicyclic) bond motifs is 1. The number of carbonyl (C=O) groups is 2. The van der Waals surface area contributed by atoms with Gasteiger partial charge in [0, 0.05) is 17.1 Å². The third-order valence-corrected chi connectivity index (χ3v) is 4.19. The van der Waals surface area contributed by atoms with Crippen LogP contribution in [0.15, 0.2) is 45.6 Å². The van der Waals surface area contributed by atoms with Crippen LogP contribution in [0.4, 0.5) is 0 Å². The fourth-order valence-electron chi connectivity index (χ4n) is 2.51. The number of oxazole rings is 1. The number of carbonyl (C=O) groups excluding carboxylic acids is 1. The van der Waals surface area contributed by atoms with Gasteiger partial charge in [0.05, 0.1) is 22.5 Å². The largest absolute Gasteiger partial charge is 0.481 e. The van der Waals surface area contributed by atoms with E-state index < -0.39 is 17.5 Å². The number of nitrogens with zero attached hydrogens (tertiary/aromatic N) is 1. The summed E-state index contributed by atoms with van der Waals surface area (Å²) in [6.45, 7) is -0.0960. The van der Waals surface area contributed by atoms with E-state index in [2.05, 4.69) is 0 Å². The van der Waals surface area contributed by atoms with Crippen LogP contribution in [-0.4, -0.2) is 21.4 Å². The van der Waals surface area contributed by atoms with Crippen LogP contribution in [0.3, 0.4) is 0 Å². The molecule has 0 radical (unpaired) electrons. The second-order valence-electron chi connectivity index (χ2n) is 5.27. The van der Waals surface area contributed by atoms with Crippen LogP contribution in [-0.2, 0) is 11.3 Å². The van der Waals surface area contributed by atoms with Crippen LogP contribution >= 0.6 is 23.2 Å². The standard InChI is InChI=1S/C17H11Cl2NO5/c18-9-7-11(15(23)10-3-1-2-4-12(10)19)16-13(8-9)20(17(24)25-16)6-5-14(21)22/h1-4,7-8H,5-6H2,(H,21,22). The molecule has 0 amide bonds. The van der Waals surface area contributed by atoms with E-state index in [9.17, 15) is 14.4 Å². The summed E-state index contributed by atoms with van der Waals surface area (Å²) in [5, 5.41) is 9.28. The van der Waals surface area contributed by atoms with Crippen molar-refractivity contribution in [1.82, 2.24) is 4.57 Å². The molecule has 0 saturated heterocycles. The Morgan fingerprint density at radius 3 is 2.52 bits per heavy atom. The van der Waals surface area contributed by atoms with Crippen molar-refractivity contribution in [3.63, 3.8) is 0 Å². The van der Waals surface area contributed by atoms with Crippen molar-refractivity contribution in [1.29, 1.82) is 0 Å². The highest BCUT2D eigenvalue weighted by atomic mass is 35.5. The van der Waals surface area contributed by atoms with E-state index in [-0.39, 0.29) is 45.2 Å². The maximum atomic E-state index is 12.8. The van der Waals surface area contributed by atoms with Gasteiger partial charge in [-0.15, -0.1) is 0 Å². The summed E-state index contributed by atoms with van der Waals surface area (Å²) in [7, 11) is 0. The van der Waals surface area contributed by atoms with Crippen LogP contribution in [0.25, 0.3) is 11.1 Å². The second kappa shape index (κ2) is 6.74. The van der Waals surface area contributed by atoms with Crippen molar-refractivity contribution < 1.29 is 19.1 Å². The van der Waals surface area contributed by atoms with Crippen molar-refractivity contribution in [2.24, 2.45) is 0 Å². The molecule has 3 rings (SSSR count). The first-order valence-corrected chi connectivity index (χ1v) is 7.98. The summed E-state index contributed by atoms with van der Waals surface area (Å²) in [5.41, 5.74) is 0.634. The molecule has 1 heterocycles. The van der Waals surface area contributed by atoms with Gasteiger partial charge in [0.25, 0.3) is 0 Å². The lowest BCUT2D eigenvalue weighted by Gasteiger charge is -2.06. The van der Waals surface area contributed by atoms with Gasteiger partial charge in [-0.2, -0.15) is 0 Å². The fraction of sp³-hybridized carbons (Fsp3) is 0.118. The molecule has 0 atom stereocenters. The van der Waals surface area contributed by atoms with Gasteiger partial charge in [0.15, 0.2) is 11.4 Å². The highest BCUT2D eigenvalue weighted by Crippen LogP contribution is 2.28. The molecule has 0 aliphatic heterocycles. The first-order chi connectivity index (χ1) is 11.9. The number of hydrogen-bond donors (Lipinski definition) is 1. The second-order valence-corrected chi connectivity index (χ2v) is 6.12. The van der Waals surface area contributed by atoms with E-state index in [1.165, 1.54) is 12.1 Å². The molecule has 0 aliphatic rings. The molecule has 0 bridgehead atoms. The Morgan fingerprint density at radius 1 is 1.12 bits per heavy atom. The van der Waals surface area contributed by atoms with Gasteiger partial charge in [0.1, 0.15) is 0 Å². The molecule has 0 fully saturated rings. The van der Waals surface area contributed by atoms with Crippen LogP contribution in [0.5, 0.6) is 0 Å². The molecule has 3 aromatic rings. The molecule has 0 unspecified atom stereocenters. The van der Waals surface area contributed by atoms with E-state index in [4.69, 9.17) is 32.7 Å². The molecular weight excluding hydrogens is 369 g/mol. The van der Waals surface area contributed by atoms with Crippen molar-refractivity contribution in [3.8, 4) is 0 Å². The van der Waals surface area contributed by atoms with Gasteiger partial charge in [-0.1, -0.05) is 35.3 Å². The summed E-state index contributed by atoms with van der Waals surface area (Å²) in [4.78, 5) is 35.6. The molecule has 25 heavy (non-hydrogen) atoms. The summed E-state index contributed by atoms with van der Waals surface area (Å²) in [6.07, 6.45) is -0.269. The molecule has 128 valence electrons. The van der Waals surface area contributed by atoms with Gasteiger partial charge < -0.3 is 9.52 Å². The minimum Gasteiger partial charge on any atom is -0.481 e. The van der Waals surface area contributed by atoms with Crippen LogP contribution in [0, 0.1) is 0 Å². The predicted molar refractivity (Wildman–Crippen MR) is 92.6 cm³/mol. The Balaban J connectivity index is 2.18. The van der Waals surface area contributed by atoms with E-state index >= 15 is 0 Å². The summed E-state index contributed by atoms with van der Waals surface area (Å²) < 4.78 is 6.33. The average molecular weight is 380 g/mol. The molecule has 8 heteroatoms. The van der Waals surface area contributed by atoms with Crippen molar-refractivity contribution in [2.75, 3.05) is 0 Å². The first kappa shape index (κ1) is 17.3. The maximum absolute atomic E-state index is 12.8. The molecule has 6 nitrogen and oxygen atoms in total. The Morgan fingerprint density at radius 2 is 1.84 bits per heavy atom. The highest BCUT2D eigenvalue weighted by Gasteiger charge is 2.21. The van der Waals surface area contributed by atoms with Gasteiger partial charge in [-0.25, -0.2) is 4.79 Å². The number of halogens is 2. The summed E-state index contributed by atoms with van der Waals surface area (Å²) in [6, 6.07) is 9.32. The molecular formula is C17H11Cl2NO5. The number of carboxylic acid groups (broad SMARTS) is 1. The number of aromatic nitrogens is 1. The van der Waals surface area contributed by atoms with E-state index in [1.54, 1.807) is 24.3 Å². The van der Waals surface area contributed by atoms with Crippen LogP contribution < -0.4 is 5.76 Å². The molecule has 0 aliphatic carbocycles. The predicted octanol–water partition coefficient (Wildman–Crippen LogP) is 3.61. The van der Waals surface area contributed by atoms with E-state index in [1.807, 2.05) is 0 Å². The van der Waals surface area contributed by atoms with E-state index in [0.29, 0.717) is 0 Å².